The van der Waals surface area contributed by atoms with Crippen molar-refractivity contribution in [2.75, 3.05) is 7.11 Å². The molecule has 1 saturated carbocycles. The van der Waals surface area contributed by atoms with Crippen molar-refractivity contribution in [3.05, 3.63) is 23.8 Å². The Bertz CT molecular complexity index is 636. The number of hydrogen-bond donors (Lipinski definition) is 2. The van der Waals surface area contributed by atoms with Gasteiger partial charge < -0.3 is 9.84 Å². The number of methoxy groups -OCH3 is 1. The molecule has 0 saturated heterocycles. The van der Waals surface area contributed by atoms with Crippen LogP contribution in [0.2, 0.25) is 0 Å². The summed E-state index contributed by atoms with van der Waals surface area (Å²) in [6, 6.07) is 4.39. The van der Waals surface area contributed by atoms with Gasteiger partial charge in [-0.15, -0.1) is 0 Å². The van der Waals surface area contributed by atoms with Crippen molar-refractivity contribution < 1.29 is 18.3 Å². The van der Waals surface area contributed by atoms with E-state index in [9.17, 15) is 13.5 Å². The Hall–Kier alpha value is -1.11. The lowest BCUT2D eigenvalue weighted by molar-refractivity contribution is 0.273. The van der Waals surface area contributed by atoms with E-state index in [-0.39, 0.29) is 28.4 Å². The number of aliphatic hydroxyl groups is 1. The van der Waals surface area contributed by atoms with Gasteiger partial charge in [-0.3, -0.25) is 0 Å². The molecular weight excluding hydrogens is 290 g/mol. The fourth-order valence-electron chi connectivity index (χ4n) is 2.76. The first kappa shape index (κ1) is 16.3. The molecule has 1 aliphatic carbocycles. The number of hydrogen-bond acceptors (Lipinski definition) is 4. The molecule has 6 heteroatoms. The van der Waals surface area contributed by atoms with Gasteiger partial charge in [-0.25, -0.2) is 13.1 Å². The molecule has 0 radical (unpaired) electrons. The monoisotopic (exact) mass is 313 g/mol. The van der Waals surface area contributed by atoms with Gasteiger partial charge >= 0.3 is 0 Å². The zero-order chi connectivity index (χ0) is 16.1. The van der Waals surface area contributed by atoms with Gasteiger partial charge in [0.1, 0.15) is 5.75 Å². The van der Waals surface area contributed by atoms with E-state index in [0.29, 0.717) is 11.3 Å². The zero-order valence-corrected chi connectivity index (χ0v) is 13.9. The predicted octanol–water partition coefficient (Wildman–Crippen LogP) is 1.90. The quantitative estimate of drug-likeness (QED) is 0.870. The second kappa shape index (κ2) is 4.97. The Morgan fingerprint density at radius 3 is 2.24 bits per heavy atom. The van der Waals surface area contributed by atoms with Crippen LogP contribution in [-0.2, 0) is 16.6 Å². The highest BCUT2D eigenvalue weighted by Crippen LogP contribution is 2.62. The molecule has 0 amide bonds. The third kappa shape index (κ3) is 2.56. The molecule has 0 unspecified atom stereocenters. The Labute approximate surface area is 126 Å². The van der Waals surface area contributed by atoms with Crippen molar-refractivity contribution in [2.45, 2.75) is 45.2 Å². The van der Waals surface area contributed by atoms with Gasteiger partial charge in [0.2, 0.25) is 10.0 Å². The van der Waals surface area contributed by atoms with Gasteiger partial charge in [-0.2, -0.15) is 0 Å². The average molecular weight is 313 g/mol. The highest BCUT2D eigenvalue weighted by atomic mass is 32.2. The molecule has 118 valence electrons. The summed E-state index contributed by atoms with van der Waals surface area (Å²) < 4.78 is 32.8. The SMILES string of the molecule is COc1ccc(S(=O)(=O)NC2C(C)(C)C2(C)C)cc1CO. The van der Waals surface area contributed by atoms with Crippen molar-refractivity contribution in [3.8, 4) is 5.75 Å². The normalized spacial score (nSPS) is 20.3. The summed E-state index contributed by atoms with van der Waals surface area (Å²) in [5, 5.41) is 9.30. The molecule has 2 N–H and O–H groups in total. The molecule has 0 spiro atoms. The van der Waals surface area contributed by atoms with Gasteiger partial charge in [-0.1, -0.05) is 27.7 Å². The van der Waals surface area contributed by atoms with Crippen LogP contribution >= 0.6 is 0 Å². The Balaban J connectivity index is 2.29. The third-order valence-electron chi connectivity index (χ3n) is 5.03. The van der Waals surface area contributed by atoms with Crippen molar-refractivity contribution >= 4 is 10.0 Å². The van der Waals surface area contributed by atoms with Crippen LogP contribution in [0.5, 0.6) is 5.75 Å². The summed E-state index contributed by atoms with van der Waals surface area (Å²) in [4.78, 5) is 0.144. The molecule has 1 aromatic carbocycles. The summed E-state index contributed by atoms with van der Waals surface area (Å²) in [6.45, 7) is 7.92. The second-order valence-electron chi connectivity index (χ2n) is 6.63. The van der Waals surface area contributed by atoms with Crippen molar-refractivity contribution in [1.82, 2.24) is 4.72 Å². The molecule has 1 aliphatic rings. The minimum absolute atomic E-state index is 0.0770. The molecule has 0 aromatic heterocycles. The number of benzene rings is 1. The van der Waals surface area contributed by atoms with E-state index in [4.69, 9.17) is 4.74 Å². The molecule has 1 aromatic rings. The first-order valence-corrected chi connectivity index (χ1v) is 8.36. The van der Waals surface area contributed by atoms with Crippen molar-refractivity contribution in [2.24, 2.45) is 10.8 Å². The maximum atomic E-state index is 12.5. The smallest absolute Gasteiger partial charge is 0.240 e. The van der Waals surface area contributed by atoms with E-state index in [2.05, 4.69) is 4.72 Å². The topological polar surface area (TPSA) is 75.6 Å². The molecule has 5 nitrogen and oxygen atoms in total. The first-order chi connectivity index (χ1) is 9.57. The number of rotatable bonds is 5. The van der Waals surface area contributed by atoms with Gasteiger partial charge in [0.05, 0.1) is 18.6 Å². The Morgan fingerprint density at radius 1 is 1.24 bits per heavy atom. The molecule has 21 heavy (non-hydrogen) atoms. The lowest BCUT2D eigenvalue weighted by Crippen LogP contribution is -2.30. The Morgan fingerprint density at radius 2 is 1.81 bits per heavy atom. The molecular formula is C15H23NO4S. The van der Waals surface area contributed by atoms with Crippen LogP contribution < -0.4 is 9.46 Å². The van der Waals surface area contributed by atoms with E-state index in [1.54, 1.807) is 6.07 Å². The van der Waals surface area contributed by atoms with Crippen LogP contribution in [0.15, 0.2) is 23.1 Å². The minimum atomic E-state index is -3.61. The van der Waals surface area contributed by atoms with Crippen molar-refractivity contribution in [1.29, 1.82) is 0 Å². The van der Waals surface area contributed by atoms with Crippen LogP contribution in [0.3, 0.4) is 0 Å². The number of ether oxygens (including phenoxy) is 1. The maximum absolute atomic E-state index is 12.5. The van der Waals surface area contributed by atoms with Crippen LogP contribution in [-0.4, -0.2) is 26.7 Å². The van der Waals surface area contributed by atoms with Crippen LogP contribution in [0, 0.1) is 10.8 Å². The van der Waals surface area contributed by atoms with Gasteiger partial charge in [0, 0.05) is 11.6 Å². The average Bonchev–Trinajstić information content (AvgIpc) is 2.79. The van der Waals surface area contributed by atoms with Gasteiger partial charge in [-0.05, 0) is 29.0 Å². The molecule has 1 fully saturated rings. The summed E-state index contributed by atoms with van der Waals surface area (Å²) in [5.41, 5.74) is 0.299. The van der Waals surface area contributed by atoms with E-state index < -0.39 is 10.0 Å². The second-order valence-corrected chi connectivity index (χ2v) is 8.34. The van der Waals surface area contributed by atoms with Gasteiger partial charge in [0.15, 0.2) is 0 Å². The standard InChI is InChI=1S/C15H23NO4S/c1-14(2)13(15(14,3)4)16-21(18,19)11-6-7-12(20-5)10(8-11)9-17/h6-8,13,16-17H,9H2,1-5H3. The number of aliphatic hydroxyl groups excluding tert-OH is 1. The van der Waals surface area contributed by atoms with E-state index in [1.807, 2.05) is 27.7 Å². The lowest BCUT2D eigenvalue weighted by atomic mass is 10.0. The van der Waals surface area contributed by atoms with Crippen LogP contribution in [0.4, 0.5) is 0 Å². The minimum Gasteiger partial charge on any atom is -0.496 e. The van der Waals surface area contributed by atoms with E-state index in [1.165, 1.54) is 19.2 Å². The highest BCUT2D eigenvalue weighted by molar-refractivity contribution is 7.89. The van der Waals surface area contributed by atoms with Crippen LogP contribution in [0.25, 0.3) is 0 Å². The van der Waals surface area contributed by atoms with E-state index >= 15 is 0 Å². The molecule has 0 bridgehead atoms. The highest BCUT2D eigenvalue weighted by Gasteiger charge is 2.66. The summed E-state index contributed by atoms with van der Waals surface area (Å²) in [7, 11) is -2.13. The summed E-state index contributed by atoms with van der Waals surface area (Å²) >= 11 is 0. The molecule has 0 atom stereocenters. The maximum Gasteiger partial charge on any atom is 0.240 e. The number of nitrogens with one attached hydrogen (secondary N) is 1. The summed E-state index contributed by atoms with van der Waals surface area (Å²) in [6.07, 6.45) is 0. The lowest BCUT2D eigenvalue weighted by Gasteiger charge is -2.11. The fourth-order valence-corrected chi connectivity index (χ4v) is 4.34. The summed E-state index contributed by atoms with van der Waals surface area (Å²) in [5.74, 6) is 0.475. The van der Waals surface area contributed by atoms with Crippen LogP contribution in [0.1, 0.15) is 33.3 Å². The van der Waals surface area contributed by atoms with E-state index in [0.717, 1.165) is 0 Å². The first-order valence-electron chi connectivity index (χ1n) is 6.88. The third-order valence-corrected chi connectivity index (χ3v) is 6.45. The molecule has 2 rings (SSSR count). The number of sulfonamides is 1. The molecule has 0 heterocycles. The van der Waals surface area contributed by atoms with Crippen molar-refractivity contribution in [3.63, 3.8) is 0 Å². The molecule has 0 aliphatic heterocycles. The Kier molecular flexibility index (Phi) is 3.85. The zero-order valence-electron chi connectivity index (χ0n) is 13.1. The fraction of sp³-hybridized carbons (Fsp3) is 0.600. The largest absolute Gasteiger partial charge is 0.496 e. The predicted molar refractivity (Wildman–Crippen MR) is 80.6 cm³/mol. The van der Waals surface area contributed by atoms with Gasteiger partial charge in [0.25, 0.3) is 0 Å².